The Balaban J connectivity index is 1.58. The molecule has 4 aromatic rings. The van der Waals surface area contributed by atoms with Crippen LogP contribution in [0.25, 0.3) is 34.3 Å². The van der Waals surface area contributed by atoms with E-state index in [0.29, 0.717) is 11.1 Å². The third-order valence-corrected chi connectivity index (χ3v) is 5.82. The molecule has 0 aliphatic heterocycles. The molecule has 0 fully saturated rings. The highest BCUT2D eigenvalue weighted by atomic mass is 19.4. The fourth-order valence-corrected chi connectivity index (χ4v) is 3.68. The van der Waals surface area contributed by atoms with E-state index in [2.05, 4.69) is 21.4 Å². The number of hydrogen-bond donors (Lipinski definition) is 1. The summed E-state index contributed by atoms with van der Waals surface area (Å²) >= 11 is 0. The number of halogens is 3. The number of aromatic nitrogens is 3. The Morgan fingerprint density at radius 3 is 2.30 bits per heavy atom. The molecule has 1 N–H and O–H groups in total. The molecule has 0 saturated heterocycles. The predicted molar refractivity (Wildman–Crippen MR) is 124 cm³/mol. The van der Waals surface area contributed by atoms with Crippen molar-refractivity contribution < 1.29 is 32.1 Å². The van der Waals surface area contributed by atoms with Gasteiger partial charge in [0.15, 0.2) is 5.78 Å². The van der Waals surface area contributed by atoms with Gasteiger partial charge in [-0.05, 0) is 11.5 Å². The first-order valence-corrected chi connectivity index (χ1v) is 11.3. The van der Waals surface area contributed by atoms with Crippen molar-refractivity contribution in [2.45, 2.75) is 32.5 Å². The summed E-state index contributed by atoms with van der Waals surface area (Å²) in [6.07, 6.45) is -6.32. The van der Waals surface area contributed by atoms with Crippen molar-refractivity contribution in [2.75, 3.05) is 0 Å². The van der Waals surface area contributed by atoms with Crippen LogP contribution in [-0.2, 0) is 11.0 Å². The summed E-state index contributed by atoms with van der Waals surface area (Å²) in [5.41, 5.74) is -0.667. The van der Waals surface area contributed by atoms with Crippen LogP contribution in [0.4, 0.5) is 13.2 Å². The molecule has 8 nitrogen and oxygen atoms in total. The lowest BCUT2D eigenvalue weighted by molar-refractivity contribution is -0.137. The maximum Gasteiger partial charge on any atom is 0.422 e. The third kappa shape index (κ3) is 5.44. The molecule has 2 atom stereocenters. The van der Waals surface area contributed by atoms with Gasteiger partial charge in [-0.1, -0.05) is 78.8 Å². The third-order valence-electron chi connectivity index (χ3n) is 5.82. The Hall–Kier alpha value is -4.30. The average Bonchev–Trinajstić information content (AvgIpc) is 3.55. The molecule has 11 heteroatoms. The largest absolute Gasteiger partial charge is 0.422 e. The minimum Gasteiger partial charge on any atom is -0.381 e. The zero-order valence-electron chi connectivity index (χ0n) is 19.7. The van der Waals surface area contributed by atoms with E-state index in [-0.39, 0.29) is 23.7 Å². The van der Waals surface area contributed by atoms with Gasteiger partial charge in [-0.15, -0.1) is 0 Å². The molecule has 37 heavy (non-hydrogen) atoms. The van der Waals surface area contributed by atoms with E-state index in [1.807, 2.05) is 13.8 Å². The van der Waals surface area contributed by atoms with Crippen molar-refractivity contribution in [1.29, 1.82) is 5.26 Å². The molecule has 2 heterocycles. The van der Waals surface area contributed by atoms with Gasteiger partial charge in [0.25, 0.3) is 5.89 Å². The second-order valence-corrected chi connectivity index (χ2v) is 8.70. The number of hydrogen-bond acceptors (Lipinski definition) is 8. The van der Waals surface area contributed by atoms with Crippen LogP contribution in [-0.4, -0.2) is 26.2 Å². The molecule has 0 radical (unpaired) electrons. The first kappa shape index (κ1) is 25.8. The highest BCUT2D eigenvalue weighted by Crippen LogP contribution is 2.43. The summed E-state index contributed by atoms with van der Waals surface area (Å²) in [6.45, 7) is 3.64. The smallest absolute Gasteiger partial charge is 0.381 e. The monoisotopic (exact) mass is 510 g/mol. The average molecular weight is 510 g/mol. The zero-order chi connectivity index (χ0) is 26.7. The highest BCUT2D eigenvalue weighted by Gasteiger charge is 2.43. The number of carbonyl (C=O) groups is 1. The van der Waals surface area contributed by atoms with Crippen LogP contribution in [0.1, 0.15) is 37.5 Å². The topological polar surface area (TPSA) is 126 Å². The van der Waals surface area contributed by atoms with Crippen molar-refractivity contribution in [3.63, 3.8) is 0 Å². The van der Waals surface area contributed by atoms with Crippen molar-refractivity contribution in [1.82, 2.24) is 15.3 Å². The number of aliphatic hydroxyl groups is 1. The van der Waals surface area contributed by atoms with E-state index < -0.39 is 46.9 Å². The quantitative estimate of drug-likeness (QED) is 0.312. The Bertz CT molecular complexity index is 1420. The van der Waals surface area contributed by atoms with Crippen LogP contribution in [0.3, 0.4) is 0 Å². The van der Waals surface area contributed by atoms with Crippen molar-refractivity contribution in [3.8, 4) is 40.4 Å². The summed E-state index contributed by atoms with van der Waals surface area (Å²) < 4.78 is 51.8. The van der Waals surface area contributed by atoms with Gasteiger partial charge >= 0.3 is 6.18 Å². The molecule has 2 aromatic carbocycles. The van der Waals surface area contributed by atoms with E-state index >= 15 is 0 Å². The molecule has 0 aliphatic rings. The standard InChI is InChI=1S/C26H21F3N4O4/c1-14(2)18(13-30)12-19(34)22(35)16-8-10-17(11-9-16)24-31-25(37-33-24)23-20(26(27,28)29)21(32-36-23)15-6-4-3-5-7-15/h3-11,14,18,22,35H,12H2,1-2H3/t18-,22?/m0/s1. The Morgan fingerprint density at radius 2 is 1.70 bits per heavy atom. The lowest BCUT2D eigenvalue weighted by Crippen LogP contribution is -2.18. The molecule has 0 saturated carbocycles. The van der Waals surface area contributed by atoms with E-state index in [1.54, 1.807) is 18.2 Å². The minimum atomic E-state index is -4.81. The molecule has 190 valence electrons. The summed E-state index contributed by atoms with van der Waals surface area (Å²) in [7, 11) is 0. The van der Waals surface area contributed by atoms with Crippen LogP contribution < -0.4 is 0 Å². The van der Waals surface area contributed by atoms with E-state index in [1.165, 1.54) is 36.4 Å². The molecule has 4 rings (SSSR count). The first-order valence-electron chi connectivity index (χ1n) is 11.3. The first-order chi connectivity index (χ1) is 17.6. The Morgan fingerprint density at radius 1 is 1.03 bits per heavy atom. The molecular weight excluding hydrogens is 489 g/mol. The second-order valence-electron chi connectivity index (χ2n) is 8.70. The predicted octanol–water partition coefficient (Wildman–Crippen LogP) is 5.87. The highest BCUT2D eigenvalue weighted by molar-refractivity contribution is 5.84. The number of alkyl halides is 3. The number of carbonyl (C=O) groups excluding carboxylic acids is 1. The molecule has 0 bridgehead atoms. The summed E-state index contributed by atoms with van der Waals surface area (Å²) in [5, 5.41) is 26.9. The molecule has 0 aliphatic carbocycles. The van der Waals surface area contributed by atoms with Gasteiger partial charge in [0.2, 0.25) is 11.6 Å². The van der Waals surface area contributed by atoms with E-state index in [4.69, 9.17) is 9.05 Å². The van der Waals surface area contributed by atoms with Gasteiger partial charge in [0, 0.05) is 17.5 Å². The van der Waals surface area contributed by atoms with Crippen LogP contribution in [0, 0.1) is 23.2 Å². The summed E-state index contributed by atoms with van der Waals surface area (Å²) in [6, 6.07) is 15.7. The number of Topliss-reactive ketones (excluding diaryl/α,β-unsaturated/α-hetero) is 1. The van der Waals surface area contributed by atoms with Gasteiger partial charge in [-0.25, -0.2) is 0 Å². The number of ketones is 1. The SMILES string of the molecule is CC(C)[C@H](C#N)CC(=O)C(O)c1ccc(-c2noc(-c3onc(-c4ccccc4)c3C(F)(F)F)n2)cc1. The van der Waals surface area contributed by atoms with E-state index in [9.17, 15) is 28.3 Å². The van der Waals surface area contributed by atoms with Crippen LogP contribution in [0.15, 0.2) is 63.6 Å². The van der Waals surface area contributed by atoms with Gasteiger partial charge in [-0.2, -0.15) is 23.4 Å². The van der Waals surface area contributed by atoms with Gasteiger partial charge in [0.1, 0.15) is 17.4 Å². The van der Waals surface area contributed by atoms with Crippen molar-refractivity contribution in [3.05, 3.63) is 65.7 Å². The van der Waals surface area contributed by atoms with E-state index in [0.717, 1.165) is 0 Å². The molecule has 1 unspecified atom stereocenters. The molecule has 0 spiro atoms. The van der Waals surface area contributed by atoms with Gasteiger partial charge < -0.3 is 14.2 Å². The van der Waals surface area contributed by atoms with Crippen molar-refractivity contribution in [2.24, 2.45) is 11.8 Å². The molecular formula is C26H21F3N4O4. The lowest BCUT2D eigenvalue weighted by Gasteiger charge is -2.15. The second kappa shape index (κ2) is 10.4. The fraction of sp³-hybridized carbons (Fsp3) is 0.269. The Labute approximate surface area is 209 Å². The minimum absolute atomic E-state index is 0.0301. The number of rotatable bonds is 8. The molecule has 2 aromatic heterocycles. The van der Waals surface area contributed by atoms with Crippen molar-refractivity contribution >= 4 is 5.78 Å². The summed E-state index contributed by atoms with van der Waals surface area (Å²) in [4.78, 5) is 16.4. The fourth-order valence-electron chi connectivity index (χ4n) is 3.68. The number of benzene rings is 2. The Kier molecular flexibility index (Phi) is 7.22. The van der Waals surface area contributed by atoms with Crippen LogP contribution in [0.2, 0.25) is 0 Å². The van der Waals surface area contributed by atoms with Crippen LogP contribution in [0.5, 0.6) is 0 Å². The maximum absolute atomic E-state index is 13.9. The number of aliphatic hydroxyl groups excluding tert-OH is 1. The zero-order valence-corrected chi connectivity index (χ0v) is 19.7. The van der Waals surface area contributed by atoms with Crippen LogP contribution >= 0.6 is 0 Å². The normalized spacial score (nSPS) is 13.4. The van der Waals surface area contributed by atoms with Gasteiger partial charge in [0.05, 0.1) is 12.0 Å². The lowest BCUT2D eigenvalue weighted by atomic mass is 9.89. The summed E-state index contributed by atoms with van der Waals surface area (Å²) in [5.74, 6) is -2.29. The molecule has 0 amide bonds. The van der Waals surface area contributed by atoms with Gasteiger partial charge in [-0.3, -0.25) is 4.79 Å². The number of nitrogens with zero attached hydrogens (tertiary/aromatic N) is 4. The maximum atomic E-state index is 13.9. The number of nitriles is 1.